The minimum absolute atomic E-state index is 0. The second-order valence-electron chi connectivity index (χ2n) is 7.20. The molecule has 1 aliphatic rings. The molecule has 1 aromatic heterocycles. The van der Waals surface area contributed by atoms with Gasteiger partial charge in [0.2, 0.25) is 5.91 Å². The highest BCUT2D eigenvalue weighted by Crippen LogP contribution is 2.17. The molecule has 0 spiro atoms. The Labute approximate surface area is 179 Å². The van der Waals surface area contributed by atoms with Crippen LogP contribution in [-0.2, 0) is 11.2 Å². The Morgan fingerprint density at radius 3 is 2.69 bits per heavy atom. The first-order chi connectivity index (χ1) is 12.0. The van der Waals surface area contributed by atoms with Crippen LogP contribution in [0.5, 0.6) is 0 Å². The van der Waals surface area contributed by atoms with E-state index in [-0.39, 0.29) is 36.4 Å². The number of rotatable bonds is 7. The quantitative estimate of drug-likeness (QED) is 0.348. The number of likely N-dealkylation sites (N-methyl/N-ethyl adjacent to an activating group) is 1. The minimum atomic E-state index is 0. The molecule has 2 N–H and O–H groups in total. The molecule has 0 aromatic carbocycles. The molecule has 0 aliphatic heterocycles. The Balaban J connectivity index is 0.00000338. The van der Waals surface area contributed by atoms with E-state index in [1.165, 1.54) is 37.0 Å². The van der Waals surface area contributed by atoms with Crippen LogP contribution >= 0.6 is 35.3 Å². The van der Waals surface area contributed by atoms with Crippen molar-refractivity contribution in [3.8, 4) is 0 Å². The molecular weight excluding hydrogens is 459 g/mol. The first-order valence-electron chi connectivity index (χ1n) is 9.32. The zero-order valence-electron chi connectivity index (χ0n) is 16.2. The lowest BCUT2D eigenvalue weighted by atomic mass is 9.96. The molecule has 5 nitrogen and oxygen atoms in total. The SMILES string of the molecule is CC(CNC(=NCC(=O)N(C)C)NC1CCCCC1)Cc1cccs1.I. The van der Waals surface area contributed by atoms with Gasteiger partial charge in [-0.05, 0) is 36.6 Å². The smallest absolute Gasteiger partial charge is 0.243 e. The summed E-state index contributed by atoms with van der Waals surface area (Å²) in [5.74, 6) is 1.32. The molecule has 26 heavy (non-hydrogen) atoms. The van der Waals surface area contributed by atoms with E-state index in [4.69, 9.17) is 0 Å². The lowest BCUT2D eigenvalue weighted by molar-refractivity contribution is -0.127. The molecule has 0 saturated heterocycles. The van der Waals surface area contributed by atoms with E-state index < -0.39 is 0 Å². The third-order valence-corrected chi connectivity index (χ3v) is 5.46. The van der Waals surface area contributed by atoms with Crippen LogP contribution in [0.2, 0.25) is 0 Å². The summed E-state index contributed by atoms with van der Waals surface area (Å²) in [5.41, 5.74) is 0. The molecule has 1 unspecified atom stereocenters. The molecule has 7 heteroatoms. The van der Waals surface area contributed by atoms with E-state index in [1.807, 2.05) is 11.3 Å². The molecule has 148 valence electrons. The van der Waals surface area contributed by atoms with Crippen LogP contribution in [-0.4, -0.2) is 50.0 Å². The predicted octanol–water partition coefficient (Wildman–Crippen LogP) is 3.50. The van der Waals surface area contributed by atoms with Gasteiger partial charge in [0.25, 0.3) is 0 Å². The van der Waals surface area contributed by atoms with Gasteiger partial charge in [-0.15, -0.1) is 35.3 Å². The lowest BCUT2D eigenvalue weighted by Gasteiger charge is -2.25. The first kappa shape index (κ1) is 23.2. The van der Waals surface area contributed by atoms with E-state index in [9.17, 15) is 4.79 Å². The van der Waals surface area contributed by atoms with Crippen LogP contribution in [0.3, 0.4) is 0 Å². The van der Waals surface area contributed by atoms with Crippen LogP contribution in [0.15, 0.2) is 22.5 Å². The van der Waals surface area contributed by atoms with Crippen molar-refractivity contribution in [3.05, 3.63) is 22.4 Å². The number of amides is 1. The van der Waals surface area contributed by atoms with Crippen LogP contribution in [0, 0.1) is 5.92 Å². The number of halogens is 1. The highest BCUT2D eigenvalue weighted by atomic mass is 127. The van der Waals surface area contributed by atoms with E-state index in [2.05, 4.69) is 40.1 Å². The van der Waals surface area contributed by atoms with Gasteiger partial charge in [0.05, 0.1) is 0 Å². The third kappa shape index (κ3) is 8.70. The maximum absolute atomic E-state index is 11.9. The average molecular weight is 492 g/mol. The van der Waals surface area contributed by atoms with Gasteiger partial charge in [-0.2, -0.15) is 0 Å². The topological polar surface area (TPSA) is 56.7 Å². The summed E-state index contributed by atoms with van der Waals surface area (Å²) in [5, 5.41) is 9.11. The Morgan fingerprint density at radius 1 is 1.35 bits per heavy atom. The number of aliphatic imine (C=N–C) groups is 1. The second kappa shape index (κ2) is 12.5. The molecule has 1 amide bonds. The fraction of sp³-hybridized carbons (Fsp3) is 0.684. The van der Waals surface area contributed by atoms with Gasteiger partial charge >= 0.3 is 0 Å². The minimum Gasteiger partial charge on any atom is -0.356 e. The molecule has 1 atom stereocenters. The average Bonchev–Trinajstić information content (AvgIpc) is 3.10. The summed E-state index contributed by atoms with van der Waals surface area (Å²) >= 11 is 1.81. The third-order valence-electron chi connectivity index (χ3n) is 4.56. The summed E-state index contributed by atoms with van der Waals surface area (Å²) in [4.78, 5) is 19.4. The van der Waals surface area contributed by atoms with Crippen molar-refractivity contribution in [1.29, 1.82) is 0 Å². The maximum Gasteiger partial charge on any atom is 0.243 e. The number of guanidine groups is 1. The molecule has 1 aromatic rings. The fourth-order valence-electron chi connectivity index (χ4n) is 3.00. The van der Waals surface area contributed by atoms with Gasteiger partial charge in [0, 0.05) is 31.6 Å². The summed E-state index contributed by atoms with van der Waals surface area (Å²) < 4.78 is 0. The van der Waals surface area contributed by atoms with Crippen molar-refractivity contribution in [2.45, 2.75) is 51.5 Å². The lowest BCUT2D eigenvalue weighted by Crippen LogP contribution is -2.46. The van der Waals surface area contributed by atoms with Crippen molar-refractivity contribution in [1.82, 2.24) is 15.5 Å². The highest BCUT2D eigenvalue weighted by Gasteiger charge is 2.16. The van der Waals surface area contributed by atoms with Crippen molar-refractivity contribution < 1.29 is 4.79 Å². The Kier molecular flexibility index (Phi) is 11.2. The Bertz CT molecular complexity index is 542. The Morgan fingerprint density at radius 2 is 2.08 bits per heavy atom. The fourth-order valence-corrected chi connectivity index (χ4v) is 3.87. The molecule has 1 heterocycles. The van der Waals surface area contributed by atoms with Crippen molar-refractivity contribution in [2.75, 3.05) is 27.2 Å². The summed E-state index contributed by atoms with van der Waals surface area (Å²) in [6, 6.07) is 4.76. The van der Waals surface area contributed by atoms with Gasteiger partial charge in [0.1, 0.15) is 6.54 Å². The summed E-state index contributed by atoms with van der Waals surface area (Å²) in [6.45, 7) is 3.29. The van der Waals surface area contributed by atoms with Crippen LogP contribution < -0.4 is 10.6 Å². The van der Waals surface area contributed by atoms with Crippen molar-refractivity contribution in [2.24, 2.45) is 10.9 Å². The highest BCUT2D eigenvalue weighted by molar-refractivity contribution is 14.0. The number of nitrogens with zero attached hydrogens (tertiary/aromatic N) is 2. The standard InChI is InChI=1S/C19H32N4OS.HI/c1-15(12-17-10-7-11-25-17)13-20-19(21-14-18(24)23(2)3)22-16-8-5-4-6-9-16;/h7,10-11,15-16H,4-6,8-9,12-14H2,1-3H3,(H2,20,21,22);1H. The van der Waals surface area contributed by atoms with Crippen molar-refractivity contribution in [3.63, 3.8) is 0 Å². The van der Waals surface area contributed by atoms with Gasteiger partial charge in [-0.3, -0.25) is 4.79 Å². The van der Waals surface area contributed by atoms with Crippen LogP contribution in [0.1, 0.15) is 43.9 Å². The monoisotopic (exact) mass is 492 g/mol. The van der Waals surface area contributed by atoms with Gasteiger partial charge in [-0.25, -0.2) is 4.99 Å². The van der Waals surface area contributed by atoms with Gasteiger partial charge in [0.15, 0.2) is 5.96 Å². The van der Waals surface area contributed by atoms with E-state index in [0.717, 1.165) is 18.9 Å². The molecule has 0 bridgehead atoms. The number of hydrogen-bond donors (Lipinski definition) is 2. The summed E-state index contributed by atoms with van der Waals surface area (Å²) in [6.07, 6.45) is 7.32. The van der Waals surface area contributed by atoms with Gasteiger partial charge in [-0.1, -0.05) is 32.3 Å². The molecule has 2 rings (SSSR count). The zero-order valence-corrected chi connectivity index (χ0v) is 19.3. The largest absolute Gasteiger partial charge is 0.356 e. The normalized spacial score (nSPS) is 16.5. The molecule has 0 radical (unpaired) electrons. The second-order valence-corrected chi connectivity index (χ2v) is 8.23. The number of carbonyl (C=O) groups is 1. The number of carbonyl (C=O) groups excluding carboxylic acids is 1. The molecule has 1 fully saturated rings. The first-order valence-corrected chi connectivity index (χ1v) is 10.2. The van der Waals surface area contributed by atoms with E-state index in [0.29, 0.717) is 12.0 Å². The van der Waals surface area contributed by atoms with E-state index >= 15 is 0 Å². The predicted molar refractivity (Wildman–Crippen MR) is 122 cm³/mol. The van der Waals surface area contributed by atoms with Crippen LogP contribution in [0.25, 0.3) is 0 Å². The van der Waals surface area contributed by atoms with Crippen LogP contribution in [0.4, 0.5) is 0 Å². The molecule has 1 saturated carbocycles. The maximum atomic E-state index is 11.9. The summed E-state index contributed by atoms with van der Waals surface area (Å²) in [7, 11) is 3.53. The molecule has 1 aliphatic carbocycles. The number of thiophene rings is 1. The van der Waals surface area contributed by atoms with Gasteiger partial charge < -0.3 is 15.5 Å². The van der Waals surface area contributed by atoms with E-state index in [1.54, 1.807) is 19.0 Å². The zero-order chi connectivity index (χ0) is 18.1. The Hall–Kier alpha value is -0.830. The number of hydrogen-bond acceptors (Lipinski definition) is 3. The molecular formula is C19H33IN4OS. The number of nitrogens with one attached hydrogen (secondary N) is 2. The van der Waals surface area contributed by atoms with Crippen molar-refractivity contribution >= 4 is 47.2 Å².